The number of hydrogen-bond donors (Lipinski definition) is 2. The molecule has 0 saturated carbocycles. The number of piperazine rings is 1. The Balaban J connectivity index is 1.18. The third kappa shape index (κ3) is 5.17. The van der Waals surface area contributed by atoms with Crippen LogP contribution in [-0.4, -0.2) is 89.7 Å². The summed E-state index contributed by atoms with van der Waals surface area (Å²) in [7, 11) is -3.55. The van der Waals surface area contributed by atoms with E-state index in [-0.39, 0.29) is 23.4 Å². The van der Waals surface area contributed by atoms with Gasteiger partial charge in [0.2, 0.25) is 0 Å². The SMILES string of the molecule is CCCNS(=O)(=O)N1C2CCC1CN(c1nc(OCC34CCCN3CCC4)nc3cc(-c4cc(O)cc5ccccc45)ccc13)C2. The molecule has 3 aromatic carbocycles. The maximum Gasteiger partial charge on any atom is 0.319 e. The molecule has 0 spiro atoms. The number of phenols is 1. The molecule has 2 bridgehead atoms. The summed E-state index contributed by atoms with van der Waals surface area (Å²) < 4.78 is 37.5. The van der Waals surface area contributed by atoms with Crippen LogP contribution in [0.3, 0.4) is 0 Å². The highest BCUT2D eigenvalue weighted by Crippen LogP contribution is 2.41. The number of fused-ring (bicyclic) bond motifs is 5. The first-order valence-corrected chi connectivity index (χ1v) is 18.2. The topological polar surface area (TPSA) is 111 Å². The second-order valence-corrected chi connectivity index (χ2v) is 15.2. The van der Waals surface area contributed by atoms with E-state index < -0.39 is 10.2 Å². The summed E-state index contributed by atoms with van der Waals surface area (Å²) in [4.78, 5) is 14.8. The van der Waals surface area contributed by atoms with Gasteiger partial charge in [0, 0.05) is 37.1 Å². The second kappa shape index (κ2) is 11.6. The van der Waals surface area contributed by atoms with E-state index in [4.69, 9.17) is 14.7 Å². The average Bonchev–Trinajstić information content (AvgIpc) is 3.73. The highest BCUT2D eigenvalue weighted by atomic mass is 32.2. The minimum Gasteiger partial charge on any atom is -0.508 e. The van der Waals surface area contributed by atoms with Gasteiger partial charge in [-0.2, -0.15) is 22.7 Å². The predicted octanol–water partition coefficient (Wildman–Crippen LogP) is 5.06. The first-order valence-electron chi connectivity index (χ1n) is 16.8. The van der Waals surface area contributed by atoms with Crippen molar-refractivity contribution in [1.82, 2.24) is 23.9 Å². The lowest BCUT2D eigenvalue weighted by Gasteiger charge is -2.40. The van der Waals surface area contributed by atoms with Crippen molar-refractivity contribution in [2.24, 2.45) is 0 Å². The molecule has 4 fully saturated rings. The Morgan fingerprint density at radius 3 is 2.50 bits per heavy atom. The second-order valence-electron chi connectivity index (χ2n) is 13.5. The van der Waals surface area contributed by atoms with Gasteiger partial charge in [-0.1, -0.05) is 37.3 Å². The lowest BCUT2D eigenvalue weighted by atomic mass is 9.95. The molecule has 11 heteroatoms. The number of hydrogen-bond acceptors (Lipinski definition) is 8. The van der Waals surface area contributed by atoms with Crippen LogP contribution in [0.4, 0.5) is 5.82 Å². The quantitative estimate of drug-likeness (QED) is 0.261. The minimum absolute atomic E-state index is 0.0609. The fourth-order valence-corrected chi connectivity index (χ4v) is 10.2. The standard InChI is InChI=1S/C35H42N6O4S/c1-2-15-36-46(43,44)41-26-10-11-27(41)22-39(21-26)33-30-12-9-25(31-20-28(42)18-24-7-3-4-8-29(24)31)19-32(30)37-34(38-33)45-23-35-13-5-16-40(35)17-6-14-35/h3-4,7-9,12,18-20,26-27,36,42H,2,5-6,10-11,13-17,21-23H2,1H3. The van der Waals surface area contributed by atoms with E-state index in [9.17, 15) is 13.5 Å². The number of nitrogens with one attached hydrogen (secondary N) is 1. The fraction of sp³-hybridized carbons (Fsp3) is 0.486. The zero-order valence-corrected chi connectivity index (χ0v) is 27.2. The van der Waals surface area contributed by atoms with Gasteiger partial charge >= 0.3 is 6.01 Å². The zero-order chi connectivity index (χ0) is 31.5. The predicted molar refractivity (Wildman–Crippen MR) is 180 cm³/mol. The number of ether oxygens (including phenoxy) is 1. The molecule has 10 nitrogen and oxygen atoms in total. The van der Waals surface area contributed by atoms with Crippen molar-refractivity contribution in [1.29, 1.82) is 0 Å². The van der Waals surface area contributed by atoms with Crippen LogP contribution in [0.1, 0.15) is 51.9 Å². The molecule has 8 rings (SSSR count). The largest absolute Gasteiger partial charge is 0.508 e. The average molecular weight is 643 g/mol. The van der Waals surface area contributed by atoms with E-state index >= 15 is 0 Å². The Kier molecular flexibility index (Phi) is 7.55. The van der Waals surface area contributed by atoms with Gasteiger partial charge in [-0.3, -0.25) is 4.90 Å². The van der Waals surface area contributed by atoms with E-state index in [0.717, 1.165) is 83.8 Å². The maximum absolute atomic E-state index is 13.2. The minimum atomic E-state index is -3.55. The lowest BCUT2D eigenvalue weighted by molar-refractivity contribution is 0.108. The summed E-state index contributed by atoms with van der Waals surface area (Å²) in [5, 5.41) is 13.5. The van der Waals surface area contributed by atoms with E-state index in [1.54, 1.807) is 16.4 Å². The van der Waals surface area contributed by atoms with E-state index in [2.05, 4.69) is 38.8 Å². The Labute approximate surface area is 270 Å². The first-order chi connectivity index (χ1) is 22.3. The van der Waals surface area contributed by atoms with E-state index in [1.165, 1.54) is 12.8 Å². The Bertz CT molecular complexity index is 1880. The molecule has 2 atom stereocenters. The van der Waals surface area contributed by atoms with Crippen molar-refractivity contribution in [2.75, 3.05) is 44.2 Å². The van der Waals surface area contributed by atoms with E-state index in [0.29, 0.717) is 32.3 Å². The van der Waals surface area contributed by atoms with Crippen LogP contribution in [0, 0.1) is 0 Å². The zero-order valence-electron chi connectivity index (χ0n) is 26.4. The monoisotopic (exact) mass is 642 g/mol. The van der Waals surface area contributed by atoms with Gasteiger partial charge in [0.1, 0.15) is 18.2 Å². The summed E-state index contributed by atoms with van der Waals surface area (Å²) in [5.74, 6) is 1.00. The Morgan fingerprint density at radius 1 is 0.978 bits per heavy atom. The smallest absolute Gasteiger partial charge is 0.319 e. The van der Waals surface area contributed by atoms with Crippen molar-refractivity contribution in [3.63, 3.8) is 0 Å². The normalized spacial score (nSPS) is 23.0. The lowest BCUT2D eigenvalue weighted by Crippen LogP contribution is -2.58. The van der Waals surface area contributed by atoms with Crippen molar-refractivity contribution >= 4 is 37.7 Å². The molecule has 46 heavy (non-hydrogen) atoms. The summed E-state index contributed by atoms with van der Waals surface area (Å²) in [6.45, 7) is 6.34. The van der Waals surface area contributed by atoms with Gasteiger partial charge in [-0.05, 0) is 104 Å². The van der Waals surface area contributed by atoms with Gasteiger partial charge < -0.3 is 14.7 Å². The molecule has 4 aliphatic rings. The van der Waals surface area contributed by atoms with E-state index in [1.807, 2.05) is 25.1 Å². The molecule has 0 aliphatic carbocycles. The number of nitrogens with zero attached hydrogens (tertiary/aromatic N) is 5. The molecule has 242 valence electrons. The molecule has 1 aromatic heterocycles. The van der Waals surface area contributed by atoms with Crippen molar-refractivity contribution in [3.8, 4) is 22.9 Å². The third-order valence-electron chi connectivity index (χ3n) is 10.6. The van der Waals surface area contributed by atoms with Crippen molar-refractivity contribution < 1.29 is 18.3 Å². The van der Waals surface area contributed by atoms with Gasteiger partial charge in [0.05, 0.1) is 11.1 Å². The summed E-state index contributed by atoms with van der Waals surface area (Å²) in [6.07, 6.45) is 7.06. The van der Waals surface area contributed by atoms with Crippen LogP contribution < -0.4 is 14.4 Å². The molecule has 2 unspecified atom stereocenters. The van der Waals surface area contributed by atoms with Crippen LogP contribution >= 0.6 is 0 Å². The molecule has 2 N–H and O–H groups in total. The summed E-state index contributed by atoms with van der Waals surface area (Å²) in [5.41, 5.74) is 2.71. The van der Waals surface area contributed by atoms with Gasteiger partial charge in [0.15, 0.2) is 0 Å². The maximum atomic E-state index is 13.2. The number of aromatic hydroxyl groups is 1. The molecule has 4 aromatic rings. The summed E-state index contributed by atoms with van der Waals surface area (Å²) in [6, 6.07) is 18.0. The number of benzene rings is 3. The molecular weight excluding hydrogens is 600 g/mol. The number of aromatic nitrogens is 2. The van der Waals surface area contributed by atoms with Crippen molar-refractivity contribution in [2.45, 2.75) is 69.5 Å². The van der Waals surface area contributed by atoms with Crippen LogP contribution in [0.5, 0.6) is 11.8 Å². The molecule has 0 amide bonds. The van der Waals surface area contributed by atoms with Gasteiger partial charge in [0.25, 0.3) is 10.2 Å². The number of phenolic OH excluding ortho intramolecular Hbond substituents is 1. The first kappa shape index (κ1) is 29.9. The van der Waals surface area contributed by atoms with Gasteiger partial charge in [-0.25, -0.2) is 4.72 Å². The van der Waals surface area contributed by atoms with Crippen LogP contribution in [0.2, 0.25) is 0 Å². The van der Waals surface area contributed by atoms with Crippen LogP contribution in [-0.2, 0) is 10.2 Å². The molecule has 4 saturated heterocycles. The van der Waals surface area contributed by atoms with Crippen LogP contribution in [0.15, 0.2) is 54.6 Å². The van der Waals surface area contributed by atoms with Crippen LogP contribution in [0.25, 0.3) is 32.8 Å². The Morgan fingerprint density at radius 2 is 1.74 bits per heavy atom. The fourth-order valence-electron chi connectivity index (χ4n) is 8.49. The molecule has 4 aliphatic heterocycles. The molecule has 5 heterocycles. The Hall–Kier alpha value is -3.51. The van der Waals surface area contributed by atoms with Gasteiger partial charge in [-0.15, -0.1) is 0 Å². The van der Waals surface area contributed by atoms with Crippen molar-refractivity contribution in [3.05, 3.63) is 54.6 Å². The number of anilines is 1. The highest BCUT2D eigenvalue weighted by Gasteiger charge is 2.47. The third-order valence-corrected chi connectivity index (χ3v) is 12.3. The summed E-state index contributed by atoms with van der Waals surface area (Å²) >= 11 is 0. The molecule has 0 radical (unpaired) electrons. The number of rotatable bonds is 9. The molecular formula is C35H42N6O4S. The highest BCUT2D eigenvalue weighted by molar-refractivity contribution is 7.87.